The molecule has 12 aromatic rings. The summed E-state index contributed by atoms with van der Waals surface area (Å²) in [6.45, 7) is 0. The van der Waals surface area contributed by atoms with Crippen LogP contribution in [0.1, 0.15) is 0 Å². The molecule has 0 unspecified atom stereocenters. The van der Waals surface area contributed by atoms with E-state index in [2.05, 4.69) is 203 Å². The van der Waals surface area contributed by atoms with Crippen LogP contribution in [0.5, 0.6) is 0 Å². The lowest BCUT2D eigenvalue weighted by Gasteiger charge is -2.12. The molecule has 0 radical (unpaired) electrons. The third-order valence-corrected chi connectivity index (χ3v) is 11.5. The van der Waals surface area contributed by atoms with E-state index in [-0.39, 0.29) is 0 Å². The van der Waals surface area contributed by atoms with Gasteiger partial charge in [0.2, 0.25) is 5.95 Å². The molecule has 4 heteroatoms. The number of hydrogen-bond acceptors (Lipinski definition) is 2. The molecule has 56 heavy (non-hydrogen) atoms. The molecule has 0 N–H and O–H groups in total. The lowest BCUT2D eigenvalue weighted by molar-refractivity contribution is 1.01. The molecule has 12 rings (SSSR count). The van der Waals surface area contributed by atoms with Gasteiger partial charge in [-0.2, -0.15) is 0 Å². The van der Waals surface area contributed by atoms with Gasteiger partial charge in [0, 0.05) is 43.6 Å². The van der Waals surface area contributed by atoms with Gasteiger partial charge in [-0.25, -0.2) is 9.97 Å². The molecule has 0 fully saturated rings. The van der Waals surface area contributed by atoms with Gasteiger partial charge in [-0.05, 0) is 69.8 Å². The predicted octanol–water partition coefficient (Wildman–Crippen LogP) is 13.5. The summed E-state index contributed by atoms with van der Waals surface area (Å²) >= 11 is 0. The van der Waals surface area contributed by atoms with E-state index >= 15 is 0 Å². The van der Waals surface area contributed by atoms with Crippen molar-refractivity contribution >= 4 is 76.1 Å². The van der Waals surface area contributed by atoms with E-state index in [1.54, 1.807) is 0 Å². The van der Waals surface area contributed by atoms with E-state index in [1.807, 2.05) is 0 Å². The zero-order chi connectivity index (χ0) is 36.7. The van der Waals surface area contributed by atoms with Crippen molar-refractivity contribution in [2.45, 2.75) is 0 Å². The Balaban J connectivity index is 1.02. The van der Waals surface area contributed by atoms with Crippen molar-refractivity contribution in [3.63, 3.8) is 0 Å². The van der Waals surface area contributed by atoms with E-state index in [0.717, 1.165) is 44.4 Å². The van der Waals surface area contributed by atoms with Gasteiger partial charge < -0.3 is 4.57 Å². The Morgan fingerprint density at radius 2 is 0.946 bits per heavy atom. The number of nitrogens with zero attached hydrogens (tertiary/aromatic N) is 4. The fraction of sp³-hybridized carbons (Fsp3) is 0. The summed E-state index contributed by atoms with van der Waals surface area (Å²) in [6, 6.07) is 69.6. The Morgan fingerprint density at radius 1 is 0.339 bits per heavy atom. The molecule has 0 bridgehead atoms. The molecule has 260 valence electrons. The van der Waals surface area contributed by atoms with Crippen LogP contribution in [0, 0.1) is 0 Å². The van der Waals surface area contributed by atoms with Gasteiger partial charge in [-0.1, -0.05) is 152 Å². The number of benzene rings is 9. The monoisotopic (exact) mass is 712 g/mol. The second-order valence-electron chi connectivity index (χ2n) is 14.6. The fourth-order valence-corrected chi connectivity index (χ4v) is 8.97. The summed E-state index contributed by atoms with van der Waals surface area (Å²) < 4.78 is 4.64. The Kier molecular flexibility index (Phi) is 6.60. The molecule has 0 aliphatic heterocycles. The Hall–Kier alpha value is -7.56. The zero-order valence-corrected chi connectivity index (χ0v) is 30.3. The highest BCUT2D eigenvalue weighted by atomic mass is 15.2. The molecule has 9 aromatic carbocycles. The third-order valence-electron chi connectivity index (χ3n) is 11.5. The predicted molar refractivity (Wildman–Crippen MR) is 234 cm³/mol. The molecule has 0 amide bonds. The van der Waals surface area contributed by atoms with E-state index in [4.69, 9.17) is 9.97 Å². The van der Waals surface area contributed by atoms with Crippen LogP contribution in [0.4, 0.5) is 0 Å². The smallest absolute Gasteiger partial charge is 0.235 e. The SMILES string of the molecule is c1ccc(-n2c3ccc(-c4ccc(-c5nc(-n6c7ccccc7c7c8ccccc8ccc76)nc6ccccc56)cc4)cc3c3ccc4ccccc4c32)cc1. The topological polar surface area (TPSA) is 35.6 Å². The van der Waals surface area contributed by atoms with Crippen LogP contribution in [-0.4, -0.2) is 19.1 Å². The summed E-state index contributed by atoms with van der Waals surface area (Å²) in [5, 5.41) is 10.9. The number of rotatable bonds is 4. The average Bonchev–Trinajstić information content (AvgIpc) is 3.80. The number of fused-ring (bicyclic) bond motifs is 11. The van der Waals surface area contributed by atoms with Gasteiger partial charge >= 0.3 is 0 Å². The first-order valence-electron chi connectivity index (χ1n) is 19.1. The Morgan fingerprint density at radius 3 is 1.79 bits per heavy atom. The van der Waals surface area contributed by atoms with Crippen molar-refractivity contribution < 1.29 is 0 Å². The quantitative estimate of drug-likeness (QED) is 0.182. The van der Waals surface area contributed by atoms with Crippen LogP contribution in [0.2, 0.25) is 0 Å². The fourth-order valence-electron chi connectivity index (χ4n) is 8.97. The van der Waals surface area contributed by atoms with Crippen molar-refractivity contribution in [1.29, 1.82) is 0 Å². The molecule has 0 saturated carbocycles. The van der Waals surface area contributed by atoms with Crippen molar-refractivity contribution in [1.82, 2.24) is 19.1 Å². The molecule has 4 nitrogen and oxygen atoms in total. The Bertz CT molecular complexity index is 3520. The van der Waals surface area contributed by atoms with E-state index in [0.29, 0.717) is 5.95 Å². The van der Waals surface area contributed by atoms with Crippen molar-refractivity contribution in [3.8, 4) is 34.0 Å². The number of hydrogen-bond donors (Lipinski definition) is 0. The van der Waals surface area contributed by atoms with E-state index in [9.17, 15) is 0 Å². The van der Waals surface area contributed by atoms with Crippen molar-refractivity contribution in [2.75, 3.05) is 0 Å². The molecule has 0 aliphatic carbocycles. The first-order valence-corrected chi connectivity index (χ1v) is 19.1. The van der Waals surface area contributed by atoms with Crippen LogP contribution in [0.25, 0.3) is 110 Å². The van der Waals surface area contributed by atoms with Gasteiger partial charge in [0.05, 0.1) is 33.3 Å². The maximum atomic E-state index is 5.38. The lowest BCUT2D eigenvalue weighted by atomic mass is 9.99. The first kappa shape index (κ1) is 30.9. The molecule has 3 aromatic heterocycles. The summed E-state index contributed by atoms with van der Waals surface area (Å²) in [7, 11) is 0. The third kappa shape index (κ3) is 4.53. The molecular formula is C52H32N4. The number of para-hydroxylation sites is 3. The van der Waals surface area contributed by atoms with Crippen molar-refractivity contribution in [3.05, 3.63) is 194 Å². The van der Waals surface area contributed by atoms with Gasteiger partial charge in [0.1, 0.15) is 0 Å². The highest BCUT2D eigenvalue weighted by Gasteiger charge is 2.19. The normalized spacial score (nSPS) is 11.9. The summed E-state index contributed by atoms with van der Waals surface area (Å²) in [5.41, 5.74) is 11.0. The van der Waals surface area contributed by atoms with Crippen LogP contribution >= 0.6 is 0 Å². The minimum Gasteiger partial charge on any atom is -0.309 e. The standard InChI is InChI=1S/C52H32N4/c1-2-14-38(15-3-1)55-47-30-28-37(32-44(47)41-29-26-35-13-5-7-17-40(35)51(41)55)33-22-24-36(25-23-33)50-42-18-8-10-20-45(42)53-52(54-50)56-46-21-11-9-19-43(46)49-39-16-6-4-12-34(39)27-31-48(49)56/h1-32H. The average molecular weight is 713 g/mol. The minimum absolute atomic E-state index is 0.664. The molecule has 3 heterocycles. The molecule has 0 saturated heterocycles. The van der Waals surface area contributed by atoms with Crippen molar-refractivity contribution in [2.24, 2.45) is 0 Å². The second kappa shape index (κ2) is 12.0. The van der Waals surface area contributed by atoms with E-state index < -0.39 is 0 Å². The molecule has 0 atom stereocenters. The summed E-state index contributed by atoms with van der Waals surface area (Å²) in [5.74, 6) is 0.664. The van der Waals surface area contributed by atoms with Gasteiger partial charge in [0.15, 0.2) is 0 Å². The Labute approximate surface area is 322 Å². The lowest BCUT2D eigenvalue weighted by Crippen LogP contribution is -2.03. The minimum atomic E-state index is 0.664. The van der Waals surface area contributed by atoms with Gasteiger partial charge in [-0.3, -0.25) is 4.57 Å². The largest absolute Gasteiger partial charge is 0.309 e. The van der Waals surface area contributed by atoms with Crippen LogP contribution in [0.3, 0.4) is 0 Å². The summed E-state index contributed by atoms with van der Waals surface area (Å²) in [4.78, 5) is 10.6. The van der Waals surface area contributed by atoms with E-state index in [1.165, 1.54) is 59.7 Å². The van der Waals surface area contributed by atoms with Gasteiger partial charge in [0.25, 0.3) is 0 Å². The van der Waals surface area contributed by atoms with Crippen LogP contribution in [-0.2, 0) is 0 Å². The maximum absolute atomic E-state index is 5.38. The molecule has 0 aliphatic rings. The number of aromatic nitrogens is 4. The van der Waals surface area contributed by atoms with Gasteiger partial charge in [-0.15, -0.1) is 0 Å². The highest BCUT2D eigenvalue weighted by molar-refractivity contribution is 6.21. The molecular weight excluding hydrogens is 681 g/mol. The second-order valence-corrected chi connectivity index (χ2v) is 14.6. The highest BCUT2D eigenvalue weighted by Crippen LogP contribution is 2.40. The van der Waals surface area contributed by atoms with Crippen LogP contribution in [0.15, 0.2) is 194 Å². The first-order chi connectivity index (χ1) is 27.8. The summed E-state index contributed by atoms with van der Waals surface area (Å²) in [6.07, 6.45) is 0. The molecule has 0 spiro atoms. The van der Waals surface area contributed by atoms with Crippen LogP contribution < -0.4 is 0 Å². The zero-order valence-electron chi connectivity index (χ0n) is 30.3. The maximum Gasteiger partial charge on any atom is 0.235 e.